The second-order valence-corrected chi connectivity index (χ2v) is 14.5. The van der Waals surface area contributed by atoms with Crippen LogP contribution in [0, 0.1) is 5.92 Å². The Bertz CT molecular complexity index is 1840. The summed E-state index contributed by atoms with van der Waals surface area (Å²) in [5.74, 6) is -2.73. The molecule has 0 radical (unpaired) electrons. The number of hydrogen-bond donors (Lipinski definition) is 5. The molecule has 2 aromatic carbocycles. The summed E-state index contributed by atoms with van der Waals surface area (Å²) in [6, 6.07) is 13.1. The SMILES string of the molecule is CS[C@@]1(C(C)C)C(=O)N2C(=C[C@]3([C@@]45c6ccccc6N[C@H]4N4C(=O)[C@H](CO)N(C)C(=O)[C@@]4(O)[C@H]5O)c4ccccc4N[C@H]23)C(=O)N1C. The number of benzene rings is 2. The van der Waals surface area contributed by atoms with Crippen molar-refractivity contribution < 1.29 is 34.5 Å². The number of fused-ring (bicyclic) bond motifs is 11. The largest absolute Gasteiger partial charge is 0.394 e. The number of para-hydroxylation sites is 2. The molecule has 0 aliphatic carbocycles. The number of nitrogens with zero attached hydrogens (tertiary/aromatic N) is 4. The number of piperazine rings is 2. The van der Waals surface area contributed by atoms with E-state index in [0.717, 1.165) is 9.80 Å². The quantitative estimate of drug-likeness (QED) is 0.302. The number of thioether (sulfide) groups is 1. The van der Waals surface area contributed by atoms with Gasteiger partial charge in [-0.3, -0.25) is 29.0 Å². The predicted molar refractivity (Wildman–Crippen MR) is 171 cm³/mol. The molecule has 6 aliphatic heterocycles. The van der Waals surface area contributed by atoms with Crippen LogP contribution < -0.4 is 10.6 Å². The molecule has 5 N–H and O–H groups in total. The highest BCUT2D eigenvalue weighted by molar-refractivity contribution is 8.00. The van der Waals surface area contributed by atoms with Gasteiger partial charge < -0.3 is 35.8 Å². The van der Waals surface area contributed by atoms with Crippen LogP contribution in [0.5, 0.6) is 0 Å². The minimum Gasteiger partial charge on any atom is -0.394 e. The van der Waals surface area contributed by atoms with E-state index >= 15 is 0 Å². The molecule has 4 amide bonds. The van der Waals surface area contributed by atoms with E-state index in [1.54, 1.807) is 43.6 Å². The van der Waals surface area contributed by atoms with E-state index in [1.165, 1.54) is 28.6 Å². The number of anilines is 2. The number of hydrogen-bond acceptors (Lipinski definition) is 10. The van der Waals surface area contributed by atoms with Crippen LogP contribution in [0.2, 0.25) is 0 Å². The van der Waals surface area contributed by atoms with Crippen molar-refractivity contribution >= 4 is 46.8 Å². The van der Waals surface area contributed by atoms with Gasteiger partial charge in [0, 0.05) is 25.5 Å². The van der Waals surface area contributed by atoms with E-state index in [-0.39, 0.29) is 17.5 Å². The topological polar surface area (TPSA) is 166 Å². The van der Waals surface area contributed by atoms with Gasteiger partial charge in [0.15, 0.2) is 4.87 Å². The van der Waals surface area contributed by atoms with Crippen molar-refractivity contribution in [1.29, 1.82) is 0 Å². The van der Waals surface area contributed by atoms with Gasteiger partial charge in [-0.05, 0) is 41.5 Å². The highest BCUT2D eigenvalue weighted by Crippen LogP contribution is 2.69. The van der Waals surface area contributed by atoms with Gasteiger partial charge in [-0.1, -0.05) is 50.2 Å². The highest BCUT2D eigenvalue weighted by atomic mass is 32.2. The van der Waals surface area contributed by atoms with Crippen LogP contribution in [0.1, 0.15) is 25.0 Å². The van der Waals surface area contributed by atoms with Gasteiger partial charge in [-0.15, -0.1) is 11.8 Å². The van der Waals surface area contributed by atoms with Crippen LogP contribution >= 0.6 is 11.8 Å². The van der Waals surface area contributed by atoms with E-state index in [9.17, 15) is 34.5 Å². The van der Waals surface area contributed by atoms with Crippen molar-refractivity contribution in [2.75, 3.05) is 37.6 Å². The summed E-state index contributed by atoms with van der Waals surface area (Å²) in [6.07, 6.45) is -0.728. The Morgan fingerprint density at radius 2 is 1.51 bits per heavy atom. The summed E-state index contributed by atoms with van der Waals surface area (Å²) >= 11 is 1.28. The molecular weight excluding hydrogens is 624 g/mol. The van der Waals surface area contributed by atoms with Gasteiger partial charge in [0.05, 0.1) is 17.4 Å². The Labute approximate surface area is 275 Å². The van der Waals surface area contributed by atoms with E-state index in [1.807, 2.05) is 38.1 Å². The van der Waals surface area contributed by atoms with Crippen molar-refractivity contribution in [3.05, 3.63) is 71.4 Å². The Balaban J connectivity index is 1.48. The molecule has 246 valence electrons. The minimum absolute atomic E-state index is 0.0967. The second kappa shape index (κ2) is 9.28. The van der Waals surface area contributed by atoms with Crippen LogP contribution in [0.4, 0.5) is 11.4 Å². The summed E-state index contributed by atoms with van der Waals surface area (Å²) in [5, 5.41) is 42.4. The number of nitrogens with one attached hydrogen (secondary N) is 2. The predicted octanol–water partition coefficient (Wildman–Crippen LogP) is 0.00360. The fraction of sp³-hybridized carbons (Fsp3) is 0.455. The maximum atomic E-state index is 14.9. The third-order valence-corrected chi connectivity index (χ3v) is 13.2. The van der Waals surface area contributed by atoms with E-state index in [0.29, 0.717) is 22.5 Å². The molecule has 8 rings (SSSR count). The van der Waals surface area contributed by atoms with E-state index in [2.05, 4.69) is 10.6 Å². The lowest BCUT2D eigenvalue weighted by molar-refractivity contribution is -0.209. The molecule has 0 bridgehead atoms. The van der Waals surface area contributed by atoms with E-state index < -0.39 is 70.2 Å². The van der Waals surface area contributed by atoms with Crippen molar-refractivity contribution in [3.8, 4) is 0 Å². The molecule has 13 nitrogen and oxygen atoms in total. The zero-order chi connectivity index (χ0) is 33.6. The average molecular weight is 661 g/mol. The molecule has 6 aliphatic rings. The first-order valence-electron chi connectivity index (χ1n) is 15.6. The minimum atomic E-state index is -2.76. The summed E-state index contributed by atoms with van der Waals surface area (Å²) in [5.41, 5.74) is -3.62. The number of likely N-dealkylation sites (N-methyl/N-ethyl adjacent to an activating group) is 2. The summed E-state index contributed by atoms with van der Waals surface area (Å²) in [4.78, 5) is 61.3. The van der Waals surface area contributed by atoms with Crippen molar-refractivity contribution in [3.63, 3.8) is 0 Å². The zero-order valence-corrected chi connectivity index (χ0v) is 27.3. The Morgan fingerprint density at radius 1 is 0.915 bits per heavy atom. The molecule has 0 saturated carbocycles. The molecule has 3 fully saturated rings. The second-order valence-electron chi connectivity index (χ2n) is 13.5. The maximum absolute atomic E-state index is 14.9. The number of rotatable bonds is 4. The number of carbonyl (C=O) groups excluding carboxylic acids is 4. The van der Waals surface area contributed by atoms with Gasteiger partial charge in [0.25, 0.3) is 29.4 Å². The Kier molecular flexibility index (Phi) is 5.97. The van der Waals surface area contributed by atoms with Crippen LogP contribution in [0.3, 0.4) is 0 Å². The third-order valence-electron chi connectivity index (χ3n) is 11.6. The molecule has 3 saturated heterocycles. The van der Waals surface area contributed by atoms with Gasteiger partial charge in [-0.2, -0.15) is 0 Å². The zero-order valence-electron chi connectivity index (χ0n) is 26.5. The Morgan fingerprint density at radius 3 is 2.13 bits per heavy atom. The summed E-state index contributed by atoms with van der Waals surface area (Å²) in [7, 11) is 2.91. The summed E-state index contributed by atoms with van der Waals surface area (Å²) < 4.78 is 0. The first-order valence-corrected chi connectivity index (χ1v) is 16.8. The first-order chi connectivity index (χ1) is 22.3. The van der Waals surface area contributed by atoms with Gasteiger partial charge >= 0.3 is 0 Å². The molecular formula is C33H36N6O7S. The molecule has 2 aromatic rings. The van der Waals surface area contributed by atoms with Gasteiger partial charge in [0.2, 0.25) is 0 Å². The number of carbonyl (C=O) groups is 4. The van der Waals surface area contributed by atoms with Crippen LogP contribution in [-0.2, 0) is 30.0 Å². The average Bonchev–Trinajstić information content (AvgIpc) is 3.73. The fourth-order valence-corrected chi connectivity index (χ4v) is 10.7. The normalized spacial score (nSPS) is 38.1. The number of amides is 4. The molecule has 6 heterocycles. The smallest absolute Gasteiger partial charge is 0.279 e. The monoisotopic (exact) mass is 660 g/mol. The van der Waals surface area contributed by atoms with Crippen LogP contribution in [-0.4, -0.2) is 121 Å². The lowest BCUT2D eigenvalue weighted by atomic mass is 9.54. The van der Waals surface area contributed by atoms with Crippen LogP contribution in [0.15, 0.2) is 60.3 Å². The van der Waals surface area contributed by atoms with Crippen molar-refractivity contribution in [2.24, 2.45) is 5.92 Å². The summed E-state index contributed by atoms with van der Waals surface area (Å²) in [6.45, 7) is 3.07. The molecule has 8 atom stereocenters. The molecule has 0 unspecified atom stereocenters. The van der Waals surface area contributed by atoms with Crippen molar-refractivity contribution in [1.82, 2.24) is 19.6 Å². The third kappa shape index (κ3) is 2.93. The first kappa shape index (κ1) is 30.2. The lowest BCUT2D eigenvalue weighted by Gasteiger charge is -2.52. The van der Waals surface area contributed by atoms with Crippen LogP contribution in [0.25, 0.3) is 0 Å². The standard InChI is InChI=1S/C33H36N6O7S/c1-16(2)33(47-5)29(45)38-21(23(41)37(33)4)14-30(17-10-6-8-12-19(17)34-26(30)38)31-18-11-7-9-13-20(18)35-27(31)39-24(42)22(15-40)36(3)28(44)32(39,46)25(31)43/h6-14,16,22,25-27,34-35,40,43,46H,15H2,1-5H3/t22-,25-,26+,27-,30-,31+,32-,33-/m0/s1. The lowest BCUT2D eigenvalue weighted by Crippen LogP contribution is -2.73. The number of aliphatic hydroxyl groups excluding tert-OH is 2. The van der Waals surface area contributed by atoms with Crippen molar-refractivity contribution in [2.45, 2.75) is 59.8 Å². The molecule has 14 heteroatoms. The van der Waals surface area contributed by atoms with Gasteiger partial charge in [-0.25, -0.2) is 0 Å². The molecule has 0 aromatic heterocycles. The fourth-order valence-electron chi connectivity index (χ4n) is 9.63. The molecule has 47 heavy (non-hydrogen) atoms. The van der Waals surface area contributed by atoms with E-state index in [4.69, 9.17) is 0 Å². The number of aliphatic hydroxyl groups is 3. The maximum Gasteiger partial charge on any atom is 0.279 e. The Hall–Kier alpha value is -4.11. The molecule has 0 spiro atoms. The van der Waals surface area contributed by atoms with Gasteiger partial charge in [0.1, 0.15) is 30.2 Å². The highest BCUT2D eigenvalue weighted by Gasteiger charge is 2.85.